The molecule has 0 fully saturated rings. The molecule has 0 aliphatic rings. The van der Waals surface area contributed by atoms with Crippen LogP contribution in [0.5, 0.6) is 0 Å². The van der Waals surface area contributed by atoms with Crippen molar-refractivity contribution in [1.82, 2.24) is 10.2 Å². The molecule has 0 saturated heterocycles. The van der Waals surface area contributed by atoms with Gasteiger partial charge in [-0.15, -0.1) is 0 Å². The van der Waals surface area contributed by atoms with Crippen molar-refractivity contribution in [3.63, 3.8) is 0 Å². The van der Waals surface area contributed by atoms with Crippen LogP contribution in [0.4, 0.5) is 0 Å². The van der Waals surface area contributed by atoms with Crippen LogP contribution >= 0.6 is 15.9 Å². The predicted molar refractivity (Wildman–Crippen MR) is 82.9 cm³/mol. The highest BCUT2D eigenvalue weighted by molar-refractivity contribution is 9.10. The highest BCUT2D eigenvalue weighted by Crippen LogP contribution is 2.20. The highest BCUT2D eigenvalue weighted by Gasteiger charge is 2.11. The summed E-state index contributed by atoms with van der Waals surface area (Å²) in [5.74, 6) is 0.730. The fourth-order valence-electron chi connectivity index (χ4n) is 2.27. The minimum Gasteiger partial charge on any atom is -0.313 e. The molecule has 1 aromatic carbocycles. The fraction of sp³-hybridized carbons (Fsp3) is 0.600. The van der Waals surface area contributed by atoms with Crippen molar-refractivity contribution in [2.75, 3.05) is 27.2 Å². The average molecular weight is 313 g/mol. The molecule has 0 radical (unpaired) electrons. The summed E-state index contributed by atoms with van der Waals surface area (Å²) in [6.45, 7) is 6.81. The second-order valence-electron chi connectivity index (χ2n) is 5.34. The van der Waals surface area contributed by atoms with Gasteiger partial charge in [0.1, 0.15) is 0 Å². The third-order valence-electron chi connectivity index (χ3n) is 3.08. The molecule has 3 heteroatoms. The van der Waals surface area contributed by atoms with Crippen LogP contribution in [0, 0.1) is 5.92 Å². The molecular formula is C15H25BrN2. The van der Waals surface area contributed by atoms with Gasteiger partial charge in [0.2, 0.25) is 0 Å². The first-order valence-corrected chi connectivity index (χ1v) is 7.43. The van der Waals surface area contributed by atoms with Crippen LogP contribution in [-0.2, 0) is 0 Å². The molecule has 0 heterocycles. The minimum absolute atomic E-state index is 0.428. The van der Waals surface area contributed by atoms with Gasteiger partial charge in [-0.25, -0.2) is 0 Å². The van der Waals surface area contributed by atoms with Crippen molar-refractivity contribution in [2.24, 2.45) is 5.92 Å². The van der Waals surface area contributed by atoms with E-state index in [0.717, 1.165) is 29.9 Å². The van der Waals surface area contributed by atoms with Crippen molar-refractivity contribution < 1.29 is 0 Å². The Morgan fingerprint density at radius 2 is 2.06 bits per heavy atom. The topological polar surface area (TPSA) is 15.3 Å². The van der Waals surface area contributed by atoms with E-state index in [9.17, 15) is 0 Å². The van der Waals surface area contributed by atoms with Gasteiger partial charge in [0.25, 0.3) is 0 Å². The number of hydrogen-bond acceptors (Lipinski definition) is 2. The number of halogens is 1. The number of rotatable bonds is 7. The van der Waals surface area contributed by atoms with Crippen LogP contribution in [0.1, 0.15) is 31.9 Å². The van der Waals surface area contributed by atoms with Crippen molar-refractivity contribution in [2.45, 2.75) is 26.3 Å². The van der Waals surface area contributed by atoms with Gasteiger partial charge < -0.3 is 10.2 Å². The molecule has 102 valence electrons. The molecule has 1 unspecified atom stereocenters. The maximum absolute atomic E-state index is 3.53. The first-order valence-electron chi connectivity index (χ1n) is 6.64. The van der Waals surface area contributed by atoms with Crippen molar-refractivity contribution in [3.8, 4) is 0 Å². The normalized spacial score (nSPS) is 13.3. The fourth-order valence-corrected chi connectivity index (χ4v) is 2.68. The predicted octanol–water partition coefficient (Wildman–Crippen LogP) is 3.69. The Kier molecular flexibility index (Phi) is 6.90. The van der Waals surface area contributed by atoms with Crippen molar-refractivity contribution >= 4 is 15.9 Å². The van der Waals surface area contributed by atoms with E-state index in [1.54, 1.807) is 0 Å². The molecule has 0 spiro atoms. The van der Waals surface area contributed by atoms with Crippen molar-refractivity contribution in [1.29, 1.82) is 0 Å². The van der Waals surface area contributed by atoms with E-state index < -0.39 is 0 Å². The van der Waals surface area contributed by atoms with Crippen LogP contribution in [0.25, 0.3) is 0 Å². The van der Waals surface area contributed by atoms with Gasteiger partial charge in [-0.2, -0.15) is 0 Å². The molecule has 1 atom stereocenters. The Labute approximate surface area is 120 Å². The van der Waals surface area contributed by atoms with Crippen LogP contribution in [0.15, 0.2) is 28.7 Å². The van der Waals surface area contributed by atoms with E-state index in [1.807, 2.05) is 7.05 Å². The van der Waals surface area contributed by atoms with Crippen molar-refractivity contribution in [3.05, 3.63) is 34.3 Å². The van der Waals surface area contributed by atoms with Crippen LogP contribution in [-0.4, -0.2) is 32.1 Å². The first-order chi connectivity index (χ1) is 8.52. The molecule has 0 aromatic heterocycles. The maximum Gasteiger partial charge on any atom is 0.0330 e. The molecule has 1 N–H and O–H groups in total. The van der Waals surface area contributed by atoms with Gasteiger partial charge in [0, 0.05) is 17.1 Å². The summed E-state index contributed by atoms with van der Waals surface area (Å²) in [6, 6.07) is 8.98. The van der Waals surface area contributed by atoms with Crippen LogP contribution in [0.2, 0.25) is 0 Å². The van der Waals surface area contributed by atoms with E-state index >= 15 is 0 Å². The Morgan fingerprint density at radius 3 is 2.61 bits per heavy atom. The zero-order chi connectivity index (χ0) is 13.5. The molecule has 0 saturated carbocycles. The molecule has 0 aliphatic carbocycles. The molecular weight excluding hydrogens is 288 g/mol. The number of benzene rings is 1. The number of nitrogens with one attached hydrogen (secondary N) is 1. The summed E-state index contributed by atoms with van der Waals surface area (Å²) in [5, 5.41) is 3.41. The van der Waals surface area contributed by atoms with Gasteiger partial charge in [-0.3, -0.25) is 0 Å². The Morgan fingerprint density at radius 1 is 1.33 bits per heavy atom. The molecule has 2 nitrogen and oxygen atoms in total. The first kappa shape index (κ1) is 15.7. The highest BCUT2D eigenvalue weighted by atomic mass is 79.9. The summed E-state index contributed by atoms with van der Waals surface area (Å²) in [7, 11) is 4.24. The summed E-state index contributed by atoms with van der Waals surface area (Å²) in [5.41, 5.74) is 1.35. The Hall–Kier alpha value is -0.380. The van der Waals surface area contributed by atoms with E-state index in [4.69, 9.17) is 0 Å². The molecule has 1 rings (SSSR count). The maximum atomic E-state index is 3.53. The van der Waals surface area contributed by atoms with Crippen LogP contribution < -0.4 is 5.32 Å². The lowest BCUT2D eigenvalue weighted by atomic mass is 10.0. The van der Waals surface area contributed by atoms with Gasteiger partial charge in [0.15, 0.2) is 0 Å². The zero-order valence-electron chi connectivity index (χ0n) is 11.9. The summed E-state index contributed by atoms with van der Waals surface area (Å²) < 4.78 is 1.15. The van der Waals surface area contributed by atoms with E-state index in [0.29, 0.717) is 6.04 Å². The van der Waals surface area contributed by atoms with Gasteiger partial charge in [-0.05, 0) is 50.7 Å². The lowest BCUT2D eigenvalue weighted by Crippen LogP contribution is -2.28. The standard InChI is InChI=1S/C15H25BrN2/c1-12(2)11-18(4)9-8-15(17-3)13-6-5-7-14(16)10-13/h5-7,10,12,15,17H,8-9,11H2,1-4H3. The molecule has 1 aromatic rings. The number of nitrogens with zero attached hydrogens (tertiary/aromatic N) is 1. The van der Waals surface area contributed by atoms with E-state index in [1.165, 1.54) is 5.56 Å². The zero-order valence-corrected chi connectivity index (χ0v) is 13.5. The SMILES string of the molecule is CNC(CCN(C)CC(C)C)c1cccc(Br)c1. The lowest BCUT2D eigenvalue weighted by Gasteiger charge is -2.23. The third kappa shape index (κ3) is 5.51. The summed E-state index contributed by atoms with van der Waals surface area (Å²) in [4.78, 5) is 2.41. The number of hydrogen-bond donors (Lipinski definition) is 1. The second kappa shape index (κ2) is 7.93. The Bertz CT molecular complexity index is 352. The van der Waals surface area contributed by atoms with Gasteiger partial charge in [0.05, 0.1) is 0 Å². The second-order valence-corrected chi connectivity index (χ2v) is 6.26. The molecule has 0 aliphatic heterocycles. The monoisotopic (exact) mass is 312 g/mol. The van der Waals surface area contributed by atoms with Gasteiger partial charge >= 0.3 is 0 Å². The summed E-state index contributed by atoms with van der Waals surface area (Å²) in [6.07, 6.45) is 1.14. The third-order valence-corrected chi connectivity index (χ3v) is 3.57. The lowest BCUT2D eigenvalue weighted by molar-refractivity contribution is 0.279. The van der Waals surface area contributed by atoms with Crippen LogP contribution in [0.3, 0.4) is 0 Å². The summed E-state index contributed by atoms with van der Waals surface area (Å²) >= 11 is 3.53. The smallest absolute Gasteiger partial charge is 0.0330 e. The van der Waals surface area contributed by atoms with E-state index in [2.05, 4.69) is 71.3 Å². The molecule has 18 heavy (non-hydrogen) atoms. The Balaban J connectivity index is 2.52. The molecule has 0 bridgehead atoms. The van der Waals surface area contributed by atoms with E-state index in [-0.39, 0.29) is 0 Å². The minimum atomic E-state index is 0.428. The average Bonchev–Trinajstić information content (AvgIpc) is 2.29. The van der Waals surface area contributed by atoms with Gasteiger partial charge in [-0.1, -0.05) is 41.9 Å². The largest absolute Gasteiger partial charge is 0.313 e. The molecule has 0 amide bonds. The quantitative estimate of drug-likeness (QED) is 0.826.